The third-order valence-electron chi connectivity index (χ3n) is 4.12. The van der Waals surface area contributed by atoms with Gasteiger partial charge in [-0.2, -0.15) is 0 Å². The maximum absolute atomic E-state index is 12.6. The molecular weight excluding hydrogens is 376 g/mol. The van der Waals surface area contributed by atoms with Gasteiger partial charge in [0.1, 0.15) is 28.5 Å². The molecule has 4 heteroatoms. The van der Waals surface area contributed by atoms with Crippen molar-refractivity contribution in [2.75, 3.05) is 0 Å². The molecule has 0 amide bonds. The number of carbonyl (C=O) groups is 1. The molecule has 2 aromatic carbocycles. The van der Waals surface area contributed by atoms with Crippen molar-refractivity contribution in [3.8, 4) is 17.2 Å². The van der Waals surface area contributed by atoms with Crippen LogP contribution in [0.5, 0.6) is 17.2 Å². The smallest absolute Gasteiger partial charge is 0.185 e. The zero-order chi connectivity index (χ0) is 22.5. The van der Waals surface area contributed by atoms with Crippen LogP contribution in [0.3, 0.4) is 0 Å². The van der Waals surface area contributed by atoms with Crippen molar-refractivity contribution in [1.82, 2.24) is 0 Å². The Balaban J connectivity index is 2.50. The van der Waals surface area contributed by atoms with Gasteiger partial charge in [0.25, 0.3) is 0 Å². The van der Waals surface area contributed by atoms with E-state index in [0.29, 0.717) is 11.3 Å². The highest BCUT2D eigenvalue weighted by molar-refractivity contribution is 6.07. The molecule has 0 aliphatic carbocycles. The Labute approximate surface area is 180 Å². The van der Waals surface area contributed by atoms with Gasteiger partial charge in [0, 0.05) is 17.2 Å². The van der Waals surface area contributed by atoms with Crippen molar-refractivity contribution in [2.24, 2.45) is 0 Å². The monoisotopic (exact) mass is 410 g/mol. The lowest BCUT2D eigenvalue weighted by atomic mass is 9.99. The molecule has 0 heterocycles. The fraction of sp³-hybridized carbons (Fsp3) is 0.423. The molecule has 0 spiro atoms. The standard InChI is InChI=1S/C26H34O4/c1-8-9-22-19(12-15-23(28)18-10-13-20(27)14-11-18)16-21(29-25(2,3)4)17-24(22)30-26(5,6)7/h10-17,27H,8-9H2,1-7H3/b15-12+. The van der Waals surface area contributed by atoms with Crippen LogP contribution in [-0.4, -0.2) is 22.1 Å². The van der Waals surface area contributed by atoms with E-state index in [-0.39, 0.29) is 22.7 Å². The molecule has 0 aliphatic rings. The Morgan fingerprint density at radius 3 is 2.10 bits per heavy atom. The van der Waals surface area contributed by atoms with E-state index in [4.69, 9.17) is 9.47 Å². The number of ether oxygens (including phenoxy) is 2. The number of ketones is 1. The number of phenolic OH excluding ortho intramolecular Hbond substituents is 1. The van der Waals surface area contributed by atoms with Gasteiger partial charge in [-0.05, 0) is 89.9 Å². The van der Waals surface area contributed by atoms with Gasteiger partial charge in [0.05, 0.1) is 0 Å². The molecule has 1 N–H and O–H groups in total. The predicted octanol–water partition coefficient (Wildman–Crippen LogP) is 6.60. The Morgan fingerprint density at radius 2 is 1.57 bits per heavy atom. The van der Waals surface area contributed by atoms with Crippen molar-refractivity contribution in [1.29, 1.82) is 0 Å². The van der Waals surface area contributed by atoms with Crippen LogP contribution in [-0.2, 0) is 6.42 Å². The minimum Gasteiger partial charge on any atom is -0.508 e. The number of benzene rings is 2. The number of carbonyl (C=O) groups excluding carboxylic acids is 1. The Morgan fingerprint density at radius 1 is 0.967 bits per heavy atom. The summed E-state index contributed by atoms with van der Waals surface area (Å²) in [5.74, 6) is 1.50. The first-order chi connectivity index (χ1) is 13.9. The van der Waals surface area contributed by atoms with Crippen molar-refractivity contribution in [3.05, 3.63) is 59.2 Å². The van der Waals surface area contributed by atoms with Crippen molar-refractivity contribution < 1.29 is 19.4 Å². The molecule has 30 heavy (non-hydrogen) atoms. The molecule has 2 rings (SSSR count). The van der Waals surface area contributed by atoms with Gasteiger partial charge in [-0.1, -0.05) is 19.4 Å². The number of allylic oxidation sites excluding steroid dienone is 1. The van der Waals surface area contributed by atoms with Crippen LogP contribution in [0.1, 0.15) is 76.4 Å². The number of aromatic hydroxyl groups is 1. The summed E-state index contributed by atoms with van der Waals surface area (Å²) < 4.78 is 12.4. The van der Waals surface area contributed by atoms with E-state index in [1.165, 1.54) is 12.1 Å². The van der Waals surface area contributed by atoms with Crippen molar-refractivity contribution in [2.45, 2.75) is 72.5 Å². The highest BCUT2D eigenvalue weighted by atomic mass is 16.5. The topological polar surface area (TPSA) is 55.8 Å². The number of rotatable bonds is 7. The Hall–Kier alpha value is -2.75. The molecular formula is C26H34O4. The molecule has 4 nitrogen and oxygen atoms in total. The van der Waals surface area contributed by atoms with Crippen LogP contribution < -0.4 is 9.47 Å². The fourth-order valence-corrected chi connectivity index (χ4v) is 3.03. The molecule has 0 atom stereocenters. The summed E-state index contributed by atoms with van der Waals surface area (Å²) in [6.45, 7) is 14.2. The normalized spacial score (nSPS) is 12.2. The summed E-state index contributed by atoms with van der Waals surface area (Å²) in [6, 6.07) is 10.2. The van der Waals surface area contributed by atoms with E-state index in [1.807, 2.05) is 59.8 Å². The quantitative estimate of drug-likeness (QED) is 0.413. The molecule has 0 fully saturated rings. The molecule has 0 bridgehead atoms. The second kappa shape index (κ2) is 9.38. The molecule has 0 radical (unpaired) electrons. The summed E-state index contributed by atoms with van der Waals surface area (Å²) in [5, 5.41) is 9.43. The lowest BCUT2D eigenvalue weighted by molar-refractivity contribution is 0.104. The van der Waals surface area contributed by atoms with Crippen molar-refractivity contribution >= 4 is 11.9 Å². The Kier molecular flexibility index (Phi) is 7.35. The summed E-state index contributed by atoms with van der Waals surface area (Å²) in [6.07, 6.45) is 5.16. The third kappa shape index (κ3) is 7.25. The van der Waals surface area contributed by atoms with Gasteiger partial charge in [-0.15, -0.1) is 0 Å². The van der Waals surface area contributed by atoms with Crippen molar-refractivity contribution in [3.63, 3.8) is 0 Å². The van der Waals surface area contributed by atoms with Gasteiger partial charge >= 0.3 is 0 Å². The van der Waals surface area contributed by atoms with Gasteiger partial charge < -0.3 is 14.6 Å². The van der Waals surface area contributed by atoms with E-state index in [9.17, 15) is 9.90 Å². The average molecular weight is 411 g/mol. The highest BCUT2D eigenvalue weighted by Gasteiger charge is 2.20. The first-order valence-electron chi connectivity index (χ1n) is 10.4. The largest absolute Gasteiger partial charge is 0.508 e. The van der Waals surface area contributed by atoms with Crippen LogP contribution in [0.4, 0.5) is 0 Å². The molecule has 0 saturated carbocycles. The Bertz CT molecular complexity index is 894. The van der Waals surface area contributed by atoms with E-state index >= 15 is 0 Å². The number of phenols is 1. The number of hydrogen-bond donors (Lipinski definition) is 1. The molecule has 0 aliphatic heterocycles. The zero-order valence-electron chi connectivity index (χ0n) is 19.2. The van der Waals surface area contributed by atoms with Gasteiger partial charge in [0.15, 0.2) is 5.78 Å². The fourth-order valence-electron chi connectivity index (χ4n) is 3.03. The molecule has 0 aromatic heterocycles. The first-order valence-corrected chi connectivity index (χ1v) is 10.4. The molecule has 0 saturated heterocycles. The van der Waals surface area contributed by atoms with Crippen LogP contribution in [0.15, 0.2) is 42.5 Å². The molecule has 0 unspecified atom stereocenters. The second-order valence-corrected chi connectivity index (χ2v) is 9.41. The lowest BCUT2D eigenvalue weighted by Crippen LogP contribution is -2.25. The summed E-state index contributed by atoms with van der Waals surface area (Å²) in [5.41, 5.74) is 1.78. The van der Waals surface area contributed by atoms with Crippen LogP contribution in [0.25, 0.3) is 6.08 Å². The molecule has 2 aromatic rings. The third-order valence-corrected chi connectivity index (χ3v) is 4.12. The van der Waals surface area contributed by atoms with Crippen LogP contribution in [0.2, 0.25) is 0 Å². The SMILES string of the molecule is CCCc1c(/C=C/C(=O)c2ccc(O)cc2)cc(OC(C)(C)C)cc1OC(C)(C)C. The maximum Gasteiger partial charge on any atom is 0.185 e. The van der Waals surface area contributed by atoms with Gasteiger partial charge in [-0.3, -0.25) is 4.79 Å². The van der Waals surface area contributed by atoms with Gasteiger partial charge in [-0.25, -0.2) is 0 Å². The van der Waals surface area contributed by atoms with E-state index < -0.39 is 0 Å². The van der Waals surface area contributed by atoms with Crippen LogP contribution in [0, 0.1) is 0 Å². The van der Waals surface area contributed by atoms with Gasteiger partial charge in [0.2, 0.25) is 0 Å². The van der Waals surface area contributed by atoms with Crippen LogP contribution >= 0.6 is 0 Å². The molecule has 162 valence electrons. The highest BCUT2D eigenvalue weighted by Crippen LogP contribution is 2.34. The lowest BCUT2D eigenvalue weighted by Gasteiger charge is -2.27. The average Bonchev–Trinajstić information content (AvgIpc) is 2.60. The number of hydrogen-bond acceptors (Lipinski definition) is 4. The predicted molar refractivity (Wildman–Crippen MR) is 123 cm³/mol. The van der Waals surface area contributed by atoms with E-state index in [0.717, 1.165) is 29.7 Å². The maximum atomic E-state index is 12.6. The summed E-state index contributed by atoms with van der Waals surface area (Å²) >= 11 is 0. The van der Waals surface area contributed by atoms with E-state index in [1.54, 1.807) is 18.2 Å². The minimum absolute atomic E-state index is 0.127. The summed E-state index contributed by atoms with van der Waals surface area (Å²) in [7, 11) is 0. The first kappa shape index (κ1) is 23.5. The van der Waals surface area contributed by atoms with E-state index in [2.05, 4.69) is 6.92 Å². The second-order valence-electron chi connectivity index (χ2n) is 9.41. The summed E-state index contributed by atoms with van der Waals surface area (Å²) in [4.78, 5) is 12.6. The minimum atomic E-state index is -0.355. The zero-order valence-corrected chi connectivity index (χ0v) is 19.2.